The lowest BCUT2D eigenvalue weighted by molar-refractivity contribution is -0.0246. The summed E-state index contributed by atoms with van der Waals surface area (Å²) < 4.78 is 15.9. The van der Waals surface area contributed by atoms with E-state index in [4.69, 9.17) is 19.0 Å². The predicted octanol–water partition coefficient (Wildman–Crippen LogP) is 2.68. The molecular weight excluding hydrogens is 258 g/mol. The zero-order valence-electron chi connectivity index (χ0n) is 12.4. The van der Waals surface area contributed by atoms with Crippen molar-refractivity contribution < 1.29 is 19.0 Å². The first-order valence-corrected chi connectivity index (χ1v) is 6.96. The monoisotopic (exact) mass is 281 g/mol. The van der Waals surface area contributed by atoms with Crippen LogP contribution in [0.4, 0.5) is 0 Å². The molecule has 0 atom stereocenters. The van der Waals surface area contributed by atoms with E-state index < -0.39 is 0 Å². The van der Waals surface area contributed by atoms with E-state index in [9.17, 15) is 0 Å². The van der Waals surface area contributed by atoms with Gasteiger partial charge in [0.1, 0.15) is 5.75 Å². The first-order valence-electron chi connectivity index (χ1n) is 6.96. The molecule has 5 heteroatoms. The minimum Gasteiger partial charge on any atom is -0.496 e. The molecule has 20 heavy (non-hydrogen) atoms. The van der Waals surface area contributed by atoms with Gasteiger partial charge in [-0.25, -0.2) is 0 Å². The second-order valence-electron chi connectivity index (χ2n) is 4.86. The smallest absolute Gasteiger partial charge is 0.164 e. The highest BCUT2D eigenvalue weighted by Crippen LogP contribution is 2.34. The summed E-state index contributed by atoms with van der Waals surface area (Å²) in [5.41, 5.74) is 4.01. The van der Waals surface area contributed by atoms with Crippen LogP contribution < -0.4 is 19.7 Å². The molecule has 5 nitrogen and oxygen atoms in total. The highest BCUT2D eigenvalue weighted by Gasteiger charge is 2.16. The van der Waals surface area contributed by atoms with E-state index in [1.165, 1.54) is 12.8 Å². The van der Waals surface area contributed by atoms with Gasteiger partial charge in [-0.3, -0.25) is 4.84 Å². The van der Waals surface area contributed by atoms with Crippen molar-refractivity contribution in [3.8, 4) is 17.2 Å². The Bertz CT molecular complexity index is 430. The number of hydrogen-bond acceptors (Lipinski definition) is 5. The van der Waals surface area contributed by atoms with Crippen molar-refractivity contribution in [2.45, 2.75) is 38.3 Å². The third-order valence-corrected chi connectivity index (χ3v) is 3.60. The number of ether oxygens (including phenoxy) is 3. The van der Waals surface area contributed by atoms with Crippen LogP contribution in [0.25, 0.3) is 0 Å². The summed E-state index contributed by atoms with van der Waals surface area (Å²) >= 11 is 0. The topological polar surface area (TPSA) is 49.0 Å². The van der Waals surface area contributed by atoms with Gasteiger partial charge < -0.3 is 14.2 Å². The van der Waals surface area contributed by atoms with E-state index in [-0.39, 0.29) is 0 Å². The fourth-order valence-corrected chi connectivity index (χ4v) is 2.47. The maximum absolute atomic E-state index is 5.66. The Hall–Kier alpha value is -1.46. The zero-order valence-corrected chi connectivity index (χ0v) is 12.4. The second kappa shape index (κ2) is 7.36. The zero-order chi connectivity index (χ0) is 14.4. The highest BCUT2D eigenvalue weighted by atomic mass is 16.7. The predicted molar refractivity (Wildman–Crippen MR) is 76.3 cm³/mol. The van der Waals surface area contributed by atoms with Gasteiger partial charge in [0.05, 0.1) is 27.4 Å². The van der Waals surface area contributed by atoms with Gasteiger partial charge in [-0.2, -0.15) is 5.48 Å². The van der Waals surface area contributed by atoms with E-state index in [0.717, 1.165) is 24.2 Å². The first-order chi connectivity index (χ1) is 9.78. The minimum atomic E-state index is 0.334. The summed E-state index contributed by atoms with van der Waals surface area (Å²) in [5, 5.41) is 0. The van der Waals surface area contributed by atoms with Crippen LogP contribution in [-0.2, 0) is 11.4 Å². The third kappa shape index (κ3) is 3.55. The molecule has 112 valence electrons. The summed E-state index contributed by atoms with van der Waals surface area (Å²) in [6.45, 7) is 0.569. The fourth-order valence-electron chi connectivity index (χ4n) is 2.47. The van der Waals surface area contributed by atoms with Crippen LogP contribution in [-0.4, -0.2) is 27.4 Å². The molecule has 0 radical (unpaired) electrons. The van der Waals surface area contributed by atoms with E-state index in [0.29, 0.717) is 24.1 Å². The lowest BCUT2D eigenvalue weighted by atomic mass is 10.1. The molecule has 1 aliphatic rings. The second-order valence-corrected chi connectivity index (χ2v) is 4.86. The van der Waals surface area contributed by atoms with Crippen LogP contribution in [0.5, 0.6) is 17.2 Å². The van der Waals surface area contributed by atoms with Crippen LogP contribution in [0.1, 0.15) is 31.2 Å². The molecule has 0 heterocycles. The van der Waals surface area contributed by atoms with Crippen molar-refractivity contribution in [1.82, 2.24) is 5.48 Å². The van der Waals surface area contributed by atoms with Crippen LogP contribution >= 0.6 is 0 Å². The first kappa shape index (κ1) is 14.9. The van der Waals surface area contributed by atoms with E-state index in [1.54, 1.807) is 21.3 Å². The van der Waals surface area contributed by atoms with Gasteiger partial charge in [0, 0.05) is 18.2 Å². The molecule has 1 fully saturated rings. The van der Waals surface area contributed by atoms with Gasteiger partial charge in [0.15, 0.2) is 11.5 Å². The Labute approximate surface area is 120 Å². The van der Waals surface area contributed by atoms with Crippen molar-refractivity contribution in [1.29, 1.82) is 0 Å². The molecule has 1 aromatic carbocycles. The molecule has 1 aliphatic carbocycles. The standard InChI is InChI=1S/C15H23NO4/c1-17-13-9-15(19-3)14(18-2)8-11(13)10-16-20-12-6-4-5-7-12/h8-9,12,16H,4-7,10H2,1-3H3. The Morgan fingerprint density at radius 3 is 2.15 bits per heavy atom. The van der Waals surface area contributed by atoms with Crippen molar-refractivity contribution in [3.05, 3.63) is 17.7 Å². The molecule has 0 saturated heterocycles. The van der Waals surface area contributed by atoms with Gasteiger partial charge in [-0.1, -0.05) is 12.8 Å². The summed E-state index contributed by atoms with van der Waals surface area (Å²) in [7, 11) is 4.87. The van der Waals surface area contributed by atoms with Crippen LogP contribution in [0.3, 0.4) is 0 Å². The van der Waals surface area contributed by atoms with E-state index >= 15 is 0 Å². The fraction of sp³-hybridized carbons (Fsp3) is 0.600. The van der Waals surface area contributed by atoms with Gasteiger partial charge in [-0.15, -0.1) is 0 Å². The Morgan fingerprint density at radius 1 is 0.950 bits per heavy atom. The van der Waals surface area contributed by atoms with Gasteiger partial charge in [-0.05, 0) is 18.9 Å². The molecule has 2 rings (SSSR count). The summed E-state index contributed by atoms with van der Waals surface area (Å²) in [6.07, 6.45) is 5.12. The number of benzene rings is 1. The van der Waals surface area contributed by atoms with Crippen LogP contribution in [0.15, 0.2) is 12.1 Å². The van der Waals surface area contributed by atoms with Gasteiger partial charge in [0.25, 0.3) is 0 Å². The van der Waals surface area contributed by atoms with Crippen molar-refractivity contribution in [2.24, 2.45) is 0 Å². The largest absolute Gasteiger partial charge is 0.496 e. The maximum Gasteiger partial charge on any atom is 0.164 e. The lowest BCUT2D eigenvalue weighted by Gasteiger charge is -2.16. The number of nitrogens with one attached hydrogen (secondary N) is 1. The highest BCUT2D eigenvalue weighted by molar-refractivity contribution is 5.50. The Balaban J connectivity index is 2.01. The molecule has 0 bridgehead atoms. The van der Waals surface area contributed by atoms with E-state index in [2.05, 4.69) is 5.48 Å². The SMILES string of the molecule is COc1cc(OC)c(OC)cc1CNOC1CCCC1. The molecule has 0 spiro atoms. The third-order valence-electron chi connectivity index (χ3n) is 3.60. The Morgan fingerprint density at radius 2 is 1.55 bits per heavy atom. The van der Waals surface area contributed by atoms with E-state index in [1.807, 2.05) is 12.1 Å². The maximum atomic E-state index is 5.66. The molecule has 0 aliphatic heterocycles. The minimum absolute atomic E-state index is 0.334. The summed E-state index contributed by atoms with van der Waals surface area (Å²) in [6, 6.07) is 3.73. The van der Waals surface area contributed by atoms with Crippen molar-refractivity contribution in [2.75, 3.05) is 21.3 Å². The van der Waals surface area contributed by atoms with Gasteiger partial charge >= 0.3 is 0 Å². The summed E-state index contributed by atoms with van der Waals surface area (Å²) in [5.74, 6) is 2.10. The van der Waals surface area contributed by atoms with Crippen molar-refractivity contribution >= 4 is 0 Å². The van der Waals surface area contributed by atoms with Gasteiger partial charge in [0.2, 0.25) is 0 Å². The van der Waals surface area contributed by atoms with Crippen LogP contribution in [0, 0.1) is 0 Å². The molecule has 0 aromatic heterocycles. The molecule has 0 unspecified atom stereocenters. The average molecular weight is 281 g/mol. The Kier molecular flexibility index (Phi) is 5.49. The number of hydrogen-bond donors (Lipinski definition) is 1. The van der Waals surface area contributed by atoms with Crippen molar-refractivity contribution in [3.63, 3.8) is 0 Å². The quantitative estimate of drug-likeness (QED) is 0.779. The molecule has 1 N–H and O–H groups in total. The lowest BCUT2D eigenvalue weighted by Crippen LogP contribution is -2.21. The average Bonchev–Trinajstić information content (AvgIpc) is 2.99. The number of hydroxylamine groups is 1. The number of methoxy groups -OCH3 is 3. The molecule has 0 amide bonds. The normalized spacial score (nSPS) is 15.3. The molecule has 1 saturated carbocycles. The van der Waals surface area contributed by atoms with Crippen LogP contribution in [0.2, 0.25) is 0 Å². The summed E-state index contributed by atoms with van der Waals surface area (Å²) in [4.78, 5) is 5.66. The number of rotatable bonds is 7. The molecular formula is C15H23NO4. The molecule has 1 aromatic rings.